The molecule has 0 unspecified atom stereocenters. The molecule has 0 fully saturated rings. The van der Waals surface area contributed by atoms with Gasteiger partial charge in [0.2, 0.25) is 0 Å². The highest BCUT2D eigenvalue weighted by molar-refractivity contribution is 5.73. The number of carboxylic acid groups (broad SMARTS) is 1. The molecule has 0 aliphatic heterocycles. The summed E-state index contributed by atoms with van der Waals surface area (Å²) in [5, 5.41) is 12.3. The number of carbonyl (C=O) groups is 1. The first-order valence-corrected chi connectivity index (χ1v) is 7.62. The first-order chi connectivity index (χ1) is 11.8. The van der Waals surface area contributed by atoms with Crippen molar-refractivity contribution in [2.45, 2.75) is 25.2 Å². The van der Waals surface area contributed by atoms with Gasteiger partial charge in [-0.25, -0.2) is 0 Å². The summed E-state index contributed by atoms with van der Waals surface area (Å²) in [6.45, 7) is -1.06. The molecular weight excluding hydrogens is 335 g/mol. The van der Waals surface area contributed by atoms with E-state index in [-0.39, 0.29) is 12.3 Å². The minimum atomic E-state index is -4.38. The Labute approximate surface area is 143 Å². The van der Waals surface area contributed by atoms with Crippen molar-refractivity contribution in [2.24, 2.45) is 0 Å². The Kier molecular flexibility index (Phi) is 6.41. The fourth-order valence-corrected chi connectivity index (χ4v) is 2.21. The van der Waals surface area contributed by atoms with Crippen LogP contribution in [-0.2, 0) is 17.8 Å². The minimum absolute atomic E-state index is 0.111. The number of halogens is 3. The molecular formula is C18H18F3NO3. The highest BCUT2D eigenvalue weighted by Gasteiger charge is 2.28. The molecule has 0 spiro atoms. The maximum absolute atomic E-state index is 12.1. The second-order valence-corrected chi connectivity index (χ2v) is 5.51. The molecule has 0 aliphatic carbocycles. The SMILES string of the molecule is O=C(O)[C@H](Cc1ccccc1)NCc1ccc(OCC(F)(F)F)cc1. The van der Waals surface area contributed by atoms with E-state index < -0.39 is 24.8 Å². The fourth-order valence-electron chi connectivity index (χ4n) is 2.21. The Morgan fingerprint density at radius 3 is 2.24 bits per heavy atom. The number of hydrogen-bond acceptors (Lipinski definition) is 3. The average molecular weight is 353 g/mol. The van der Waals surface area contributed by atoms with Gasteiger partial charge in [0, 0.05) is 6.54 Å². The third-order valence-electron chi connectivity index (χ3n) is 3.46. The summed E-state index contributed by atoms with van der Waals surface area (Å²) in [5.74, 6) is -0.853. The van der Waals surface area contributed by atoms with E-state index in [2.05, 4.69) is 10.1 Å². The van der Waals surface area contributed by atoms with E-state index in [4.69, 9.17) is 0 Å². The summed E-state index contributed by atoms with van der Waals surface area (Å²) in [5.41, 5.74) is 1.65. The third kappa shape index (κ3) is 6.84. The van der Waals surface area contributed by atoms with Gasteiger partial charge in [-0.15, -0.1) is 0 Å². The molecule has 1 atom stereocenters. The Morgan fingerprint density at radius 1 is 1.04 bits per heavy atom. The number of aliphatic carboxylic acids is 1. The number of rotatable bonds is 8. The molecule has 0 radical (unpaired) electrons. The molecule has 0 amide bonds. The lowest BCUT2D eigenvalue weighted by atomic mass is 10.1. The number of ether oxygens (including phenoxy) is 1. The highest BCUT2D eigenvalue weighted by Crippen LogP contribution is 2.19. The van der Waals surface area contributed by atoms with Crippen molar-refractivity contribution in [3.05, 3.63) is 65.7 Å². The highest BCUT2D eigenvalue weighted by atomic mass is 19.4. The van der Waals surface area contributed by atoms with Crippen LogP contribution in [0.4, 0.5) is 13.2 Å². The molecule has 25 heavy (non-hydrogen) atoms. The Bertz CT molecular complexity index is 672. The standard InChI is InChI=1S/C18H18F3NO3/c19-18(20,21)12-25-15-8-6-14(7-9-15)11-22-16(17(23)24)10-13-4-2-1-3-5-13/h1-9,16,22H,10-12H2,(H,23,24)/t16-/m0/s1. The maximum atomic E-state index is 12.1. The van der Waals surface area contributed by atoms with Crippen molar-refractivity contribution in [1.82, 2.24) is 5.32 Å². The first-order valence-electron chi connectivity index (χ1n) is 7.62. The van der Waals surface area contributed by atoms with Crippen LogP contribution >= 0.6 is 0 Å². The molecule has 0 saturated heterocycles. The van der Waals surface area contributed by atoms with Crippen LogP contribution in [0.25, 0.3) is 0 Å². The van der Waals surface area contributed by atoms with Crippen LogP contribution in [0.15, 0.2) is 54.6 Å². The van der Waals surface area contributed by atoms with Crippen LogP contribution in [-0.4, -0.2) is 29.9 Å². The predicted molar refractivity (Wildman–Crippen MR) is 86.4 cm³/mol. The molecule has 2 rings (SSSR count). The van der Waals surface area contributed by atoms with Gasteiger partial charge in [0.1, 0.15) is 11.8 Å². The molecule has 2 aromatic rings. The van der Waals surface area contributed by atoms with Gasteiger partial charge in [0.05, 0.1) is 0 Å². The number of benzene rings is 2. The Hall–Kier alpha value is -2.54. The topological polar surface area (TPSA) is 58.6 Å². The normalized spacial score (nSPS) is 12.6. The van der Waals surface area contributed by atoms with Crippen LogP contribution in [0.5, 0.6) is 5.75 Å². The summed E-state index contributed by atoms with van der Waals surface area (Å²) in [6.07, 6.45) is -4.05. The Balaban J connectivity index is 1.88. The van der Waals surface area contributed by atoms with Gasteiger partial charge in [-0.3, -0.25) is 4.79 Å². The van der Waals surface area contributed by atoms with Crippen molar-refractivity contribution in [3.63, 3.8) is 0 Å². The van der Waals surface area contributed by atoms with E-state index in [1.54, 1.807) is 12.1 Å². The van der Waals surface area contributed by atoms with Gasteiger partial charge in [0.25, 0.3) is 0 Å². The van der Waals surface area contributed by atoms with Crippen LogP contribution in [0.3, 0.4) is 0 Å². The van der Waals surface area contributed by atoms with E-state index in [0.29, 0.717) is 6.42 Å². The lowest BCUT2D eigenvalue weighted by molar-refractivity contribution is -0.153. The molecule has 4 nitrogen and oxygen atoms in total. The predicted octanol–water partition coefficient (Wildman–Crippen LogP) is 3.41. The zero-order valence-electron chi connectivity index (χ0n) is 13.3. The lowest BCUT2D eigenvalue weighted by Crippen LogP contribution is -2.38. The smallest absolute Gasteiger partial charge is 0.422 e. The molecule has 7 heteroatoms. The van der Waals surface area contributed by atoms with Gasteiger partial charge in [-0.2, -0.15) is 13.2 Å². The summed E-state index contributed by atoms with van der Waals surface area (Å²) >= 11 is 0. The van der Waals surface area contributed by atoms with Crippen LogP contribution < -0.4 is 10.1 Å². The quantitative estimate of drug-likeness (QED) is 0.764. The Morgan fingerprint density at radius 2 is 1.68 bits per heavy atom. The molecule has 0 aromatic heterocycles. The molecule has 2 aromatic carbocycles. The molecule has 0 heterocycles. The second-order valence-electron chi connectivity index (χ2n) is 5.51. The van der Waals surface area contributed by atoms with Gasteiger partial charge in [-0.05, 0) is 29.7 Å². The number of hydrogen-bond donors (Lipinski definition) is 2. The van der Waals surface area contributed by atoms with Crippen LogP contribution in [0, 0.1) is 0 Å². The molecule has 2 N–H and O–H groups in total. The third-order valence-corrected chi connectivity index (χ3v) is 3.46. The van der Waals surface area contributed by atoms with Crippen molar-refractivity contribution in [2.75, 3.05) is 6.61 Å². The maximum Gasteiger partial charge on any atom is 0.422 e. The summed E-state index contributed by atoms with van der Waals surface area (Å²) < 4.78 is 40.9. The minimum Gasteiger partial charge on any atom is -0.484 e. The largest absolute Gasteiger partial charge is 0.484 e. The van der Waals surface area contributed by atoms with E-state index in [1.165, 1.54) is 12.1 Å². The first kappa shape index (κ1) is 18.8. The van der Waals surface area contributed by atoms with Crippen LogP contribution in [0.1, 0.15) is 11.1 Å². The summed E-state index contributed by atoms with van der Waals surface area (Å²) in [7, 11) is 0. The summed E-state index contributed by atoms with van der Waals surface area (Å²) in [6, 6.07) is 14.5. The van der Waals surface area contributed by atoms with Gasteiger partial charge >= 0.3 is 12.1 Å². The van der Waals surface area contributed by atoms with E-state index >= 15 is 0 Å². The van der Waals surface area contributed by atoms with Gasteiger partial charge < -0.3 is 15.2 Å². The number of alkyl halides is 3. The fraction of sp³-hybridized carbons (Fsp3) is 0.278. The van der Waals surface area contributed by atoms with E-state index in [0.717, 1.165) is 11.1 Å². The number of nitrogens with one attached hydrogen (secondary N) is 1. The van der Waals surface area contributed by atoms with Crippen molar-refractivity contribution in [3.8, 4) is 5.75 Å². The molecule has 0 saturated carbocycles. The van der Waals surface area contributed by atoms with E-state index in [9.17, 15) is 23.1 Å². The average Bonchev–Trinajstić information content (AvgIpc) is 2.57. The lowest BCUT2D eigenvalue weighted by Gasteiger charge is -2.15. The molecule has 134 valence electrons. The van der Waals surface area contributed by atoms with Crippen molar-refractivity contribution < 1.29 is 27.8 Å². The molecule has 0 aliphatic rings. The van der Waals surface area contributed by atoms with Gasteiger partial charge in [-0.1, -0.05) is 42.5 Å². The zero-order chi connectivity index (χ0) is 18.3. The van der Waals surface area contributed by atoms with Crippen LogP contribution in [0.2, 0.25) is 0 Å². The van der Waals surface area contributed by atoms with Crippen molar-refractivity contribution in [1.29, 1.82) is 0 Å². The monoisotopic (exact) mass is 353 g/mol. The zero-order valence-corrected chi connectivity index (χ0v) is 13.3. The second kappa shape index (κ2) is 8.53. The van der Waals surface area contributed by atoms with Crippen molar-refractivity contribution >= 4 is 5.97 Å². The molecule has 0 bridgehead atoms. The van der Waals surface area contributed by atoms with Gasteiger partial charge in [0.15, 0.2) is 6.61 Å². The number of carboxylic acids is 1. The van der Waals surface area contributed by atoms with E-state index in [1.807, 2.05) is 30.3 Å². The summed E-state index contributed by atoms with van der Waals surface area (Å²) in [4.78, 5) is 11.4.